The summed E-state index contributed by atoms with van der Waals surface area (Å²) in [6.07, 6.45) is 2.54. The molecule has 1 unspecified atom stereocenters. The van der Waals surface area contributed by atoms with Gasteiger partial charge in [-0.1, -0.05) is 72.7 Å². The standard InChI is InChI=1S/C67H94N12O18S2/c1-7-63(94)30-37-31-66(61(93)97-6,52-40(16-22-78(33-37)35-63)39-13-9-10-14-43(39)74-52)42-27-41-47(29-48(42)96-5)77(4)58-65(41)18-23-79-21-12-17-64(8-2,57(65)79)59(91)67(58,95)60(92)70-20-24-98-99-34-46(56(89)90)76-55(88)45(28-51(84)85)72-32-38(26-50(82)83)73-54(87)44(15-11-19-71-62(68)69)75-53(86)36(3)25-49(80)81/h9-10,12-14,17,27,29,36-38,44-46,57-59,72,74,91,94-95H,7-8,11,15-16,18-26,28,30-35H2,1-6H3,(H,70,92)(H,73,87)(H,75,86)(H,76,88)(H,80,81)(H,82,83)(H,84,85)(H,89,90)(H4,68,69,71)/t36-,37+,38-,44-,45-,46-,57-,58+,59+,63-,64+,65+,66-,67-/m0/s1. The summed E-state index contributed by atoms with van der Waals surface area (Å²) >= 11 is 0. The van der Waals surface area contributed by atoms with Crippen LogP contribution in [-0.4, -0.2) is 249 Å². The molecule has 3 aromatic rings. The summed E-state index contributed by atoms with van der Waals surface area (Å²) in [5.41, 5.74) is 2.34. The first-order valence-electron chi connectivity index (χ1n) is 33.5. The molecule has 17 N–H and O–H groups in total. The zero-order valence-corrected chi connectivity index (χ0v) is 58.2. The van der Waals surface area contributed by atoms with E-state index in [9.17, 15) is 69.3 Å². The Hall–Kier alpha value is -7.72. The fourth-order valence-electron chi connectivity index (χ4n) is 16.9. The van der Waals surface area contributed by atoms with Crippen LogP contribution in [0.2, 0.25) is 0 Å². The summed E-state index contributed by atoms with van der Waals surface area (Å²) in [7, 11) is 6.82. The Kier molecular flexibility index (Phi) is 23.7. The number of carbonyl (C=O) groups excluding carboxylic acids is 5. The lowest BCUT2D eigenvalue weighted by atomic mass is 9.47. The SMILES string of the molecule is CC[C@]1(O)C[C@H]2CN(CCc3c([nH]c4ccccc34)[C@@](C(=O)OC)(c3cc4c(cc3OC)N(C)[C@H]3[C@@](O)(C(=O)NCCSSC[C@H](NC(=O)[C@H](CC(=O)O)NC[C@H](CC(=O)O)NC(=O)[C@H](CCCNC(=N)N)NC(=O)[C@@H](C)CC(=O)O)C(=O)O)[C@H](O)[C@]5(CC)C=CCN6CC[C@]43[C@@H]65)C2)C1. The van der Waals surface area contributed by atoms with Gasteiger partial charge in [-0.05, 0) is 87.1 Å². The van der Waals surface area contributed by atoms with Crippen LogP contribution in [0.3, 0.4) is 0 Å². The number of aromatic nitrogens is 1. The van der Waals surface area contributed by atoms with Gasteiger partial charge in [0, 0.05) is 121 Å². The number of nitrogens with two attached hydrogens (primary N) is 1. The average molecular weight is 1420 g/mol. The maximum absolute atomic E-state index is 15.6. The van der Waals surface area contributed by atoms with Crippen molar-refractivity contribution in [1.82, 2.24) is 46.7 Å². The number of carboxylic acids is 4. The lowest BCUT2D eigenvalue weighted by Crippen LogP contribution is -2.81. The van der Waals surface area contributed by atoms with Crippen LogP contribution in [-0.2, 0) is 65.1 Å². The van der Waals surface area contributed by atoms with Crippen LogP contribution < -0.4 is 47.3 Å². The lowest BCUT2D eigenvalue weighted by molar-refractivity contribution is -0.203. The number of esters is 1. The molecule has 542 valence electrons. The number of aliphatic carboxylic acids is 4. The molecule has 5 aliphatic heterocycles. The van der Waals surface area contributed by atoms with Crippen molar-refractivity contribution in [3.63, 3.8) is 0 Å². The van der Waals surface area contributed by atoms with Crippen LogP contribution in [0.25, 0.3) is 10.9 Å². The van der Waals surface area contributed by atoms with Crippen molar-refractivity contribution in [3.05, 3.63) is 70.9 Å². The molecule has 15 atom stereocenters. The van der Waals surface area contributed by atoms with E-state index in [0.717, 1.165) is 43.6 Å². The van der Waals surface area contributed by atoms with Gasteiger partial charge in [0.2, 0.25) is 17.7 Å². The summed E-state index contributed by atoms with van der Waals surface area (Å²) in [6.45, 7) is 7.50. The molecule has 99 heavy (non-hydrogen) atoms. The smallest absolute Gasteiger partial charge is 0.327 e. The Morgan fingerprint density at radius 2 is 1.54 bits per heavy atom. The van der Waals surface area contributed by atoms with Gasteiger partial charge in [0.05, 0.1) is 57.2 Å². The molecule has 0 radical (unpaired) electrons. The van der Waals surface area contributed by atoms with Crippen molar-refractivity contribution in [2.45, 2.75) is 156 Å². The number of likely N-dealkylation sites (N-methyl/N-ethyl adjacent to an activating group) is 1. The van der Waals surface area contributed by atoms with Crippen molar-refractivity contribution in [1.29, 1.82) is 5.41 Å². The number of amides is 4. The number of piperidine rings is 1. The zero-order chi connectivity index (χ0) is 72.1. The van der Waals surface area contributed by atoms with E-state index >= 15 is 9.59 Å². The van der Waals surface area contributed by atoms with Crippen LogP contribution in [0.4, 0.5) is 5.69 Å². The molecular weight excluding hydrogens is 1320 g/mol. The van der Waals surface area contributed by atoms with E-state index in [1.54, 1.807) is 7.05 Å². The number of benzene rings is 2. The number of carbonyl (C=O) groups is 9. The first-order chi connectivity index (χ1) is 47.0. The van der Waals surface area contributed by atoms with E-state index in [1.807, 2.05) is 67.3 Å². The third kappa shape index (κ3) is 14.9. The number of guanidine groups is 1. The third-order valence-electron chi connectivity index (χ3n) is 21.2. The molecule has 32 heteroatoms. The number of aliphatic hydroxyl groups is 3. The van der Waals surface area contributed by atoms with Crippen molar-refractivity contribution in [2.75, 3.05) is 90.0 Å². The van der Waals surface area contributed by atoms with E-state index in [4.69, 9.17) is 20.6 Å². The van der Waals surface area contributed by atoms with Crippen LogP contribution in [0.15, 0.2) is 48.6 Å². The van der Waals surface area contributed by atoms with Gasteiger partial charge < -0.3 is 92.7 Å². The number of nitrogens with one attached hydrogen (secondary N) is 8. The number of para-hydroxylation sites is 1. The minimum atomic E-state index is -2.51. The number of aromatic amines is 1. The van der Waals surface area contributed by atoms with Gasteiger partial charge in [-0.3, -0.25) is 53.6 Å². The molecule has 6 aliphatic rings. The van der Waals surface area contributed by atoms with Gasteiger partial charge in [-0.25, -0.2) is 4.79 Å². The molecular formula is C67H94N12O18S2. The first kappa shape index (κ1) is 75.5. The number of fused-ring (bicyclic) bond motifs is 6. The highest BCUT2D eigenvalue weighted by molar-refractivity contribution is 8.76. The molecule has 2 saturated heterocycles. The Morgan fingerprint density at radius 1 is 0.828 bits per heavy atom. The van der Waals surface area contributed by atoms with Crippen LogP contribution in [0.5, 0.6) is 5.75 Å². The third-order valence-corrected chi connectivity index (χ3v) is 23.6. The fraction of sp³-hybridized carbons (Fsp3) is 0.612. The van der Waals surface area contributed by atoms with E-state index in [2.05, 4.69) is 46.7 Å². The molecule has 4 amide bonds. The molecule has 2 bridgehead atoms. The topological polar surface area (TPSA) is 461 Å². The first-order valence-corrected chi connectivity index (χ1v) is 36.0. The molecule has 30 nitrogen and oxygen atoms in total. The Morgan fingerprint density at radius 3 is 2.20 bits per heavy atom. The van der Waals surface area contributed by atoms with Gasteiger partial charge in [-0.2, -0.15) is 0 Å². The van der Waals surface area contributed by atoms with E-state index in [-0.39, 0.29) is 55.7 Å². The van der Waals surface area contributed by atoms with Crippen molar-refractivity contribution in [2.24, 2.45) is 23.0 Å². The molecule has 2 aromatic carbocycles. The summed E-state index contributed by atoms with van der Waals surface area (Å²) in [5.74, 6) is -11.3. The number of methoxy groups -OCH3 is 2. The van der Waals surface area contributed by atoms with Crippen LogP contribution in [0, 0.1) is 22.7 Å². The van der Waals surface area contributed by atoms with Gasteiger partial charge in [-0.15, -0.1) is 0 Å². The Bertz CT molecular complexity index is 3620. The van der Waals surface area contributed by atoms with E-state index < -0.39 is 155 Å². The minimum absolute atomic E-state index is 0.0838. The maximum Gasteiger partial charge on any atom is 0.327 e. The Balaban J connectivity index is 0.929. The van der Waals surface area contributed by atoms with Crippen LogP contribution in [0.1, 0.15) is 107 Å². The second kappa shape index (κ2) is 31.0. The number of H-pyrrole nitrogens is 1. The predicted molar refractivity (Wildman–Crippen MR) is 367 cm³/mol. The molecule has 1 saturated carbocycles. The minimum Gasteiger partial charge on any atom is -0.496 e. The van der Waals surface area contributed by atoms with Crippen molar-refractivity contribution >= 4 is 97.6 Å². The van der Waals surface area contributed by atoms with Crippen molar-refractivity contribution < 1.29 is 88.4 Å². The number of hydrogen-bond donors (Lipinski definition) is 16. The lowest BCUT2D eigenvalue weighted by Gasteiger charge is -2.63. The Labute approximate surface area is 580 Å². The van der Waals surface area contributed by atoms with E-state index in [0.29, 0.717) is 87.5 Å². The number of nitrogens with zero attached hydrogens (tertiary/aromatic N) is 3. The number of carboxylic acid groups (broad SMARTS) is 4. The molecule has 3 fully saturated rings. The molecule has 1 aliphatic carbocycles. The van der Waals surface area contributed by atoms with Crippen LogP contribution >= 0.6 is 21.6 Å². The number of ether oxygens (including phenoxy) is 2. The molecule has 9 rings (SSSR count). The maximum atomic E-state index is 15.6. The highest BCUT2D eigenvalue weighted by Crippen LogP contribution is 2.68. The summed E-state index contributed by atoms with van der Waals surface area (Å²) in [5, 5.41) is 102. The monoisotopic (exact) mass is 1420 g/mol. The number of rotatable bonds is 32. The number of aliphatic hydroxyl groups excluding tert-OH is 1. The largest absolute Gasteiger partial charge is 0.496 e. The second-order valence-corrected chi connectivity index (χ2v) is 29.9. The molecule has 6 heterocycles. The molecule has 1 aromatic heterocycles. The zero-order valence-electron chi connectivity index (χ0n) is 56.5. The predicted octanol–water partition coefficient (Wildman–Crippen LogP) is 0.565. The average Bonchev–Trinajstić information content (AvgIpc) is 1.50. The normalized spacial score (nSPS) is 28.1. The highest BCUT2D eigenvalue weighted by atomic mass is 33.1. The van der Waals surface area contributed by atoms with Gasteiger partial charge >= 0.3 is 29.8 Å². The number of anilines is 1. The quantitative estimate of drug-likeness (QED) is 0.0101. The highest BCUT2D eigenvalue weighted by Gasteiger charge is 2.79. The summed E-state index contributed by atoms with van der Waals surface area (Å²) in [4.78, 5) is 130. The van der Waals surface area contributed by atoms with Gasteiger partial charge in [0.15, 0.2) is 11.6 Å². The summed E-state index contributed by atoms with van der Waals surface area (Å²) in [6, 6.07) is 4.29. The van der Waals surface area contributed by atoms with E-state index in [1.165, 1.54) is 21.1 Å². The summed E-state index contributed by atoms with van der Waals surface area (Å²) < 4.78 is 12.4. The van der Waals surface area contributed by atoms with Gasteiger partial charge in [0.25, 0.3) is 5.91 Å². The van der Waals surface area contributed by atoms with Crippen molar-refractivity contribution in [3.8, 4) is 5.75 Å². The molecule has 1 spiro atoms. The number of hydrogen-bond acceptors (Lipinski definition) is 21. The second-order valence-electron chi connectivity index (χ2n) is 27.3. The fourth-order valence-corrected chi connectivity index (χ4v) is 18.9. The van der Waals surface area contributed by atoms with Gasteiger partial charge in [0.1, 0.15) is 29.4 Å².